The molecule has 6 nitrogen and oxygen atoms in total. The Balaban J connectivity index is 3.93. The van der Waals surface area contributed by atoms with E-state index in [9.17, 15) is 14.4 Å². The maximum atomic E-state index is 12.7. The first-order chi connectivity index (χ1) is 32.0. The molecule has 0 saturated heterocycles. The Labute approximate surface area is 404 Å². The molecule has 380 valence electrons. The van der Waals surface area contributed by atoms with Crippen molar-refractivity contribution in [3.05, 3.63) is 36.5 Å². The van der Waals surface area contributed by atoms with E-state index < -0.39 is 6.10 Å². The average Bonchev–Trinajstić information content (AvgIpc) is 3.30. The van der Waals surface area contributed by atoms with Gasteiger partial charge in [-0.2, -0.15) is 0 Å². The van der Waals surface area contributed by atoms with E-state index in [2.05, 4.69) is 57.2 Å². The van der Waals surface area contributed by atoms with Gasteiger partial charge in [0.2, 0.25) is 0 Å². The number of unbranched alkanes of at least 4 members (excludes halogenated alkanes) is 35. The number of ether oxygens (including phenoxy) is 3. The summed E-state index contributed by atoms with van der Waals surface area (Å²) in [7, 11) is 0. The molecule has 65 heavy (non-hydrogen) atoms. The Morgan fingerprint density at radius 3 is 0.938 bits per heavy atom. The topological polar surface area (TPSA) is 78.9 Å². The van der Waals surface area contributed by atoms with E-state index in [1.54, 1.807) is 0 Å². The molecule has 0 aromatic carbocycles. The summed E-state index contributed by atoms with van der Waals surface area (Å²) >= 11 is 0. The first-order valence-corrected chi connectivity index (χ1v) is 28.5. The van der Waals surface area contributed by atoms with Crippen LogP contribution in [-0.4, -0.2) is 37.2 Å². The minimum absolute atomic E-state index is 0.0813. The van der Waals surface area contributed by atoms with Gasteiger partial charge >= 0.3 is 17.9 Å². The van der Waals surface area contributed by atoms with Crippen molar-refractivity contribution in [1.29, 1.82) is 0 Å². The van der Waals surface area contributed by atoms with Gasteiger partial charge in [-0.25, -0.2) is 0 Å². The van der Waals surface area contributed by atoms with Crippen LogP contribution in [0.2, 0.25) is 0 Å². The second kappa shape index (κ2) is 54.2. The van der Waals surface area contributed by atoms with Crippen LogP contribution in [-0.2, 0) is 28.6 Å². The lowest BCUT2D eigenvalue weighted by Gasteiger charge is -2.18. The van der Waals surface area contributed by atoms with Crippen LogP contribution < -0.4 is 0 Å². The zero-order valence-electron chi connectivity index (χ0n) is 43.5. The predicted octanol–water partition coefficient (Wildman–Crippen LogP) is 18.9. The largest absolute Gasteiger partial charge is 0.462 e. The van der Waals surface area contributed by atoms with Gasteiger partial charge in [-0.1, -0.05) is 269 Å². The van der Waals surface area contributed by atoms with Gasteiger partial charge in [0.15, 0.2) is 6.10 Å². The fourth-order valence-electron chi connectivity index (χ4n) is 8.40. The number of hydrogen-bond acceptors (Lipinski definition) is 6. The molecule has 1 atom stereocenters. The Bertz CT molecular complexity index is 1090. The van der Waals surface area contributed by atoms with Crippen LogP contribution in [0.25, 0.3) is 0 Å². The molecular weight excluding hydrogens is 805 g/mol. The molecule has 0 saturated carbocycles. The third-order valence-electron chi connectivity index (χ3n) is 12.7. The van der Waals surface area contributed by atoms with Gasteiger partial charge in [0, 0.05) is 19.3 Å². The molecule has 0 amide bonds. The summed E-state index contributed by atoms with van der Waals surface area (Å²) in [5.41, 5.74) is 0. The molecule has 0 spiro atoms. The maximum absolute atomic E-state index is 12.7. The van der Waals surface area contributed by atoms with Crippen LogP contribution in [0.4, 0.5) is 0 Å². The summed E-state index contributed by atoms with van der Waals surface area (Å²) in [4.78, 5) is 37.7. The molecule has 0 aliphatic rings. The minimum atomic E-state index is -0.780. The minimum Gasteiger partial charge on any atom is -0.462 e. The summed E-state index contributed by atoms with van der Waals surface area (Å²) in [6.07, 6.45) is 65.0. The summed E-state index contributed by atoms with van der Waals surface area (Å²) in [5, 5.41) is 0. The lowest BCUT2D eigenvalue weighted by molar-refractivity contribution is -0.167. The number of esters is 3. The van der Waals surface area contributed by atoms with E-state index in [-0.39, 0.29) is 31.1 Å². The van der Waals surface area contributed by atoms with Crippen LogP contribution in [0.3, 0.4) is 0 Å². The second-order valence-corrected chi connectivity index (χ2v) is 19.2. The SMILES string of the molecule is CC/C=C\C/C=C\C/C=C\CCCCCC(=O)OC(COC(=O)CCCCCCC)COC(=O)CCCCCCCCCCCCCCCCCCCCCCCCCCCCCCC. The highest BCUT2D eigenvalue weighted by Crippen LogP contribution is 2.17. The smallest absolute Gasteiger partial charge is 0.306 e. The molecule has 6 heteroatoms. The molecule has 0 N–H and O–H groups in total. The van der Waals surface area contributed by atoms with Gasteiger partial charge in [0.25, 0.3) is 0 Å². The van der Waals surface area contributed by atoms with Gasteiger partial charge in [-0.15, -0.1) is 0 Å². The summed E-state index contributed by atoms with van der Waals surface area (Å²) in [6, 6.07) is 0. The number of carbonyl (C=O) groups is 3. The zero-order chi connectivity index (χ0) is 47.2. The lowest BCUT2D eigenvalue weighted by Crippen LogP contribution is -2.30. The van der Waals surface area contributed by atoms with Crippen molar-refractivity contribution in [3.63, 3.8) is 0 Å². The molecule has 1 unspecified atom stereocenters. The van der Waals surface area contributed by atoms with E-state index in [0.717, 1.165) is 89.9 Å². The van der Waals surface area contributed by atoms with Gasteiger partial charge in [-0.05, 0) is 51.4 Å². The van der Waals surface area contributed by atoms with Gasteiger partial charge in [0.1, 0.15) is 13.2 Å². The molecule has 0 aromatic rings. The van der Waals surface area contributed by atoms with E-state index in [1.165, 1.54) is 173 Å². The first-order valence-electron chi connectivity index (χ1n) is 28.5. The van der Waals surface area contributed by atoms with Crippen molar-refractivity contribution in [2.24, 2.45) is 0 Å². The Hall–Kier alpha value is -2.37. The fourth-order valence-corrected chi connectivity index (χ4v) is 8.40. The van der Waals surface area contributed by atoms with E-state index in [4.69, 9.17) is 14.2 Å². The first kappa shape index (κ1) is 62.6. The van der Waals surface area contributed by atoms with Gasteiger partial charge < -0.3 is 14.2 Å². The van der Waals surface area contributed by atoms with Gasteiger partial charge in [0.05, 0.1) is 0 Å². The molecule has 0 rings (SSSR count). The molecule has 0 heterocycles. The van der Waals surface area contributed by atoms with Crippen molar-refractivity contribution in [2.75, 3.05) is 13.2 Å². The second-order valence-electron chi connectivity index (χ2n) is 19.2. The van der Waals surface area contributed by atoms with Crippen molar-refractivity contribution < 1.29 is 28.6 Å². The van der Waals surface area contributed by atoms with Gasteiger partial charge in [-0.3, -0.25) is 14.4 Å². The van der Waals surface area contributed by atoms with Crippen molar-refractivity contribution >= 4 is 17.9 Å². The zero-order valence-corrected chi connectivity index (χ0v) is 43.5. The number of rotatable bonds is 52. The molecule has 0 aromatic heterocycles. The third-order valence-corrected chi connectivity index (χ3v) is 12.7. The van der Waals surface area contributed by atoms with Crippen LogP contribution in [0.1, 0.15) is 303 Å². The van der Waals surface area contributed by atoms with E-state index in [0.29, 0.717) is 19.3 Å². The Morgan fingerprint density at radius 1 is 0.323 bits per heavy atom. The van der Waals surface area contributed by atoms with Crippen LogP contribution in [0.15, 0.2) is 36.5 Å². The molecule has 0 bridgehead atoms. The van der Waals surface area contributed by atoms with Crippen molar-refractivity contribution in [3.8, 4) is 0 Å². The van der Waals surface area contributed by atoms with E-state index >= 15 is 0 Å². The standard InChI is InChI=1S/C59H108O6/c1-4-7-10-13-15-17-19-21-22-23-24-25-26-27-28-29-30-31-32-33-34-35-36-38-39-41-43-46-49-52-58(61)64-55-56(54-63-57(60)51-48-45-12-9-6-3)65-59(62)53-50-47-44-42-40-37-20-18-16-14-11-8-5-2/h8,11,16,18,37,40,56H,4-7,9-10,12-15,17,19-36,38-39,41-55H2,1-3H3/b11-8-,18-16-,40-37-. The van der Waals surface area contributed by atoms with Crippen molar-refractivity contribution in [2.45, 2.75) is 309 Å². The molecule has 0 aliphatic heterocycles. The monoisotopic (exact) mass is 913 g/mol. The van der Waals surface area contributed by atoms with E-state index in [1.807, 2.05) is 0 Å². The van der Waals surface area contributed by atoms with Crippen LogP contribution >= 0.6 is 0 Å². The lowest BCUT2D eigenvalue weighted by atomic mass is 10.0. The molecule has 0 radical (unpaired) electrons. The number of hydrogen-bond donors (Lipinski definition) is 0. The highest BCUT2D eigenvalue weighted by Gasteiger charge is 2.19. The van der Waals surface area contributed by atoms with Crippen molar-refractivity contribution in [1.82, 2.24) is 0 Å². The number of carbonyl (C=O) groups excluding carboxylic acids is 3. The molecule has 0 fully saturated rings. The Kier molecular flexibility index (Phi) is 52.3. The summed E-state index contributed by atoms with van der Waals surface area (Å²) in [6.45, 7) is 6.44. The fraction of sp³-hybridized carbons (Fsp3) is 0.847. The van der Waals surface area contributed by atoms with Crippen LogP contribution in [0, 0.1) is 0 Å². The maximum Gasteiger partial charge on any atom is 0.306 e. The summed E-state index contributed by atoms with van der Waals surface area (Å²) in [5.74, 6) is -0.914. The molecule has 0 aliphatic carbocycles. The predicted molar refractivity (Wildman–Crippen MR) is 279 cm³/mol. The summed E-state index contributed by atoms with van der Waals surface area (Å²) < 4.78 is 16.7. The Morgan fingerprint density at radius 2 is 0.600 bits per heavy atom. The highest BCUT2D eigenvalue weighted by atomic mass is 16.6. The average molecular weight is 914 g/mol. The molecular formula is C59H108O6. The normalized spacial score (nSPS) is 12.2. The highest BCUT2D eigenvalue weighted by molar-refractivity contribution is 5.71. The third kappa shape index (κ3) is 52.5. The quantitative estimate of drug-likeness (QED) is 0.0262. The van der Waals surface area contributed by atoms with Crippen LogP contribution in [0.5, 0.6) is 0 Å². The number of allylic oxidation sites excluding steroid dienone is 6.